The number of ether oxygens (including phenoxy) is 1. The first-order valence-corrected chi connectivity index (χ1v) is 7.17. The predicted octanol–water partition coefficient (Wildman–Crippen LogP) is 2.92. The molecule has 1 aliphatic rings. The van der Waals surface area contributed by atoms with Crippen LogP contribution in [0.15, 0.2) is 18.2 Å². The highest BCUT2D eigenvalue weighted by molar-refractivity contribution is 5.91. The van der Waals surface area contributed by atoms with Crippen LogP contribution in [0.25, 0.3) is 0 Å². The zero-order valence-corrected chi connectivity index (χ0v) is 12.1. The zero-order chi connectivity index (χ0) is 16.2. The van der Waals surface area contributed by atoms with Crippen molar-refractivity contribution in [3.05, 3.63) is 29.3 Å². The number of carbonyl (C=O) groups excluding carboxylic acids is 1. The third kappa shape index (κ3) is 4.71. The van der Waals surface area contributed by atoms with Crippen LogP contribution in [0.2, 0.25) is 0 Å². The Hall–Kier alpha value is -1.60. The van der Waals surface area contributed by atoms with Gasteiger partial charge in [0.1, 0.15) is 0 Å². The number of benzene rings is 1. The normalized spacial score (nSPS) is 16.5. The molecule has 3 N–H and O–H groups in total. The Morgan fingerprint density at radius 3 is 2.55 bits per heavy atom. The minimum Gasteiger partial charge on any atom is -0.381 e. The molecule has 0 spiro atoms. The molecule has 4 nitrogen and oxygen atoms in total. The van der Waals surface area contributed by atoms with Crippen molar-refractivity contribution in [1.29, 1.82) is 0 Å². The molecule has 0 saturated carbocycles. The van der Waals surface area contributed by atoms with Crippen LogP contribution < -0.4 is 11.1 Å². The van der Waals surface area contributed by atoms with Gasteiger partial charge >= 0.3 is 6.18 Å². The number of alkyl halides is 3. The van der Waals surface area contributed by atoms with Crippen molar-refractivity contribution in [2.75, 3.05) is 18.5 Å². The van der Waals surface area contributed by atoms with Gasteiger partial charge in [0, 0.05) is 31.9 Å². The molecule has 0 atom stereocenters. The summed E-state index contributed by atoms with van der Waals surface area (Å²) < 4.78 is 43.7. The van der Waals surface area contributed by atoms with E-state index in [4.69, 9.17) is 10.5 Å². The van der Waals surface area contributed by atoms with Crippen molar-refractivity contribution in [2.24, 2.45) is 11.7 Å². The fourth-order valence-corrected chi connectivity index (χ4v) is 2.47. The van der Waals surface area contributed by atoms with E-state index < -0.39 is 11.7 Å². The van der Waals surface area contributed by atoms with Crippen molar-refractivity contribution in [2.45, 2.75) is 32.0 Å². The molecule has 1 amide bonds. The predicted molar refractivity (Wildman–Crippen MR) is 76.1 cm³/mol. The summed E-state index contributed by atoms with van der Waals surface area (Å²) in [6.45, 7) is 1.23. The number of nitrogens with two attached hydrogens (primary N) is 1. The van der Waals surface area contributed by atoms with Crippen LogP contribution in [-0.2, 0) is 22.3 Å². The fourth-order valence-electron chi connectivity index (χ4n) is 2.47. The molecule has 1 saturated heterocycles. The molecule has 7 heteroatoms. The number of hydrogen-bond acceptors (Lipinski definition) is 3. The Balaban J connectivity index is 2.06. The van der Waals surface area contributed by atoms with E-state index in [1.807, 2.05) is 0 Å². The smallest absolute Gasteiger partial charge is 0.381 e. The van der Waals surface area contributed by atoms with Gasteiger partial charge in [-0.25, -0.2) is 0 Å². The van der Waals surface area contributed by atoms with E-state index in [1.54, 1.807) is 0 Å². The second-order valence-corrected chi connectivity index (χ2v) is 5.43. The minimum absolute atomic E-state index is 0.0211. The largest absolute Gasteiger partial charge is 0.416 e. The maximum absolute atomic E-state index is 12.8. The molecule has 0 radical (unpaired) electrons. The molecule has 0 aliphatic carbocycles. The second kappa shape index (κ2) is 7.11. The van der Waals surface area contributed by atoms with E-state index in [0.717, 1.165) is 25.0 Å². The quantitative estimate of drug-likeness (QED) is 0.897. The Kier molecular flexibility index (Phi) is 5.42. The van der Waals surface area contributed by atoms with Gasteiger partial charge < -0.3 is 15.8 Å². The number of amides is 1. The van der Waals surface area contributed by atoms with Gasteiger partial charge in [-0.1, -0.05) is 0 Å². The number of rotatable bonds is 4. The highest BCUT2D eigenvalue weighted by atomic mass is 19.4. The van der Waals surface area contributed by atoms with Gasteiger partial charge in [0.15, 0.2) is 0 Å². The van der Waals surface area contributed by atoms with Crippen LogP contribution in [0, 0.1) is 5.92 Å². The van der Waals surface area contributed by atoms with Crippen molar-refractivity contribution in [3.63, 3.8) is 0 Å². The Morgan fingerprint density at radius 2 is 1.95 bits per heavy atom. The molecule has 22 heavy (non-hydrogen) atoms. The van der Waals surface area contributed by atoms with Crippen LogP contribution in [-0.4, -0.2) is 19.1 Å². The first kappa shape index (κ1) is 16.8. The summed E-state index contributed by atoms with van der Waals surface area (Å²) >= 11 is 0. The summed E-state index contributed by atoms with van der Waals surface area (Å²) in [6, 6.07) is 3.40. The van der Waals surface area contributed by atoms with E-state index in [9.17, 15) is 18.0 Å². The minimum atomic E-state index is -4.47. The van der Waals surface area contributed by atoms with Gasteiger partial charge in [-0.05, 0) is 42.5 Å². The van der Waals surface area contributed by atoms with E-state index in [1.165, 1.54) is 6.07 Å². The Morgan fingerprint density at radius 1 is 1.27 bits per heavy atom. The lowest BCUT2D eigenvalue weighted by Crippen LogP contribution is -2.22. The molecule has 0 unspecified atom stereocenters. The molecule has 0 bridgehead atoms. The maximum Gasteiger partial charge on any atom is 0.416 e. The van der Waals surface area contributed by atoms with Gasteiger partial charge in [-0.15, -0.1) is 0 Å². The van der Waals surface area contributed by atoms with Crippen LogP contribution in [0.4, 0.5) is 18.9 Å². The zero-order valence-electron chi connectivity index (χ0n) is 12.1. The number of carbonyl (C=O) groups is 1. The van der Waals surface area contributed by atoms with E-state index in [-0.39, 0.29) is 30.5 Å². The van der Waals surface area contributed by atoms with Crippen molar-refractivity contribution >= 4 is 11.6 Å². The standard InChI is InChI=1S/C15H19F3N2O2/c16-15(17,18)12-5-11(9-19)6-13(8-12)20-14(21)7-10-1-3-22-4-2-10/h5-6,8,10H,1-4,7,9,19H2,(H,20,21). The second-order valence-electron chi connectivity index (χ2n) is 5.43. The van der Waals surface area contributed by atoms with Gasteiger partial charge in [0.25, 0.3) is 0 Å². The summed E-state index contributed by atoms with van der Waals surface area (Å²) in [6.07, 6.45) is -2.59. The molecule has 1 fully saturated rings. The van der Waals surface area contributed by atoms with Crippen LogP contribution in [0.5, 0.6) is 0 Å². The van der Waals surface area contributed by atoms with Gasteiger partial charge in [-0.3, -0.25) is 4.79 Å². The molecule has 1 aromatic carbocycles. The Labute approximate surface area is 126 Å². The topological polar surface area (TPSA) is 64.3 Å². The number of hydrogen-bond donors (Lipinski definition) is 2. The number of halogens is 3. The van der Waals surface area contributed by atoms with E-state index >= 15 is 0 Å². The van der Waals surface area contributed by atoms with E-state index in [0.29, 0.717) is 18.8 Å². The molecule has 1 aromatic rings. The van der Waals surface area contributed by atoms with Crippen LogP contribution in [0.3, 0.4) is 0 Å². The third-order valence-corrected chi connectivity index (χ3v) is 3.65. The lowest BCUT2D eigenvalue weighted by Gasteiger charge is -2.21. The SMILES string of the molecule is NCc1cc(NC(=O)CC2CCOCC2)cc(C(F)(F)F)c1. The van der Waals surface area contributed by atoms with Gasteiger partial charge in [0.05, 0.1) is 5.56 Å². The third-order valence-electron chi connectivity index (χ3n) is 3.65. The first-order valence-electron chi connectivity index (χ1n) is 7.17. The lowest BCUT2D eigenvalue weighted by molar-refractivity contribution is -0.137. The van der Waals surface area contributed by atoms with Crippen molar-refractivity contribution in [3.8, 4) is 0 Å². The summed E-state index contributed by atoms with van der Waals surface area (Å²) in [5.74, 6) is -0.0669. The van der Waals surface area contributed by atoms with Crippen molar-refractivity contribution < 1.29 is 22.7 Å². The summed E-state index contributed by atoms with van der Waals surface area (Å²) in [4.78, 5) is 12.0. The molecule has 122 valence electrons. The summed E-state index contributed by atoms with van der Waals surface area (Å²) in [5, 5.41) is 2.54. The lowest BCUT2D eigenvalue weighted by atomic mass is 9.96. The highest BCUT2D eigenvalue weighted by Gasteiger charge is 2.31. The maximum atomic E-state index is 12.8. The van der Waals surface area contributed by atoms with Crippen LogP contribution in [0.1, 0.15) is 30.4 Å². The number of anilines is 1. The summed E-state index contributed by atoms with van der Waals surface area (Å²) in [7, 11) is 0. The molecule has 0 aromatic heterocycles. The molecular weight excluding hydrogens is 297 g/mol. The molecule has 1 heterocycles. The van der Waals surface area contributed by atoms with Crippen molar-refractivity contribution in [1.82, 2.24) is 0 Å². The first-order chi connectivity index (χ1) is 10.4. The highest BCUT2D eigenvalue weighted by Crippen LogP contribution is 2.32. The molecular formula is C15H19F3N2O2. The molecule has 1 aliphatic heterocycles. The number of nitrogens with one attached hydrogen (secondary N) is 1. The Bertz CT molecular complexity index is 526. The fraction of sp³-hybridized carbons (Fsp3) is 0.533. The van der Waals surface area contributed by atoms with E-state index in [2.05, 4.69) is 5.32 Å². The van der Waals surface area contributed by atoms with Crippen LogP contribution >= 0.6 is 0 Å². The summed E-state index contributed by atoms with van der Waals surface area (Å²) in [5.41, 5.74) is 5.07. The molecule has 2 rings (SSSR count). The van der Waals surface area contributed by atoms with Gasteiger partial charge in [-0.2, -0.15) is 13.2 Å². The monoisotopic (exact) mass is 316 g/mol. The average molecular weight is 316 g/mol. The van der Waals surface area contributed by atoms with Gasteiger partial charge in [0.2, 0.25) is 5.91 Å². The average Bonchev–Trinajstić information content (AvgIpc) is 2.46.